The van der Waals surface area contributed by atoms with E-state index in [0.717, 1.165) is 11.4 Å². The summed E-state index contributed by atoms with van der Waals surface area (Å²) in [4.78, 5) is 15.8. The van der Waals surface area contributed by atoms with Crippen LogP contribution in [0.3, 0.4) is 0 Å². The van der Waals surface area contributed by atoms with E-state index in [0.29, 0.717) is 10.1 Å². The van der Waals surface area contributed by atoms with Crippen molar-refractivity contribution < 1.29 is 0 Å². The Hall–Kier alpha value is -2.21. The first-order chi connectivity index (χ1) is 8.72. The van der Waals surface area contributed by atoms with Gasteiger partial charge in [0.05, 0.1) is 0 Å². The van der Waals surface area contributed by atoms with E-state index in [1.807, 2.05) is 37.3 Å². The molecule has 18 heavy (non-hydrogen) atoms. The van der Waals surface area contributed by atoms with E-state index in [1.54, 1.807) is 4.52 Å². The summed E-state index contributed by atoms with van der Waals surface area (Å²) >= 11 is 1.35. The molecule has 0 fully saturated rings. The van der Waals surface area contributed by atoms with Crippen LogP contribution in [0.15, 0.2) is 41.2 Å². The van der Waals surface area contributed by atoms with Crippen LogP contribution in [0.1, 0.15) is 5.69 Å². The van der Waals surface area contributed by atoms with Gasteiger partial charge in [0.2, 0.25) is 10.1 Å². The second-order valence-electron chi connectivity index (χ2n) is 3.83. The zero-order valence-corrected chi connectivity index (χ0v) is 10.4. The van der Waals surface area contributed by atoms with Gasteiger partial charge < -0.3 is 5.32 Å². The van der Waals surface area contributed by atoms with E-state index < -0.39 is 0 Å². The minimum Gasteiger partial charge on any atom is -0.330 e. The summed E-state index contributed by atoms with van der Waals surface area (Å²) in [5, 5.41) is 8.27. The molecule has 0 aliphatic carbocycles. The summed E-state index contributed by atoms with van der Waals surface area (Å²) in [7, 11) is 0. The minimum atomic E-state index is -0.234. The van der Waals surface area contributed by atoms with E-state index >= 15 is 0 Å². The maximum absolute atomic E-state index is 11.3. The second kappa shape index (κ2) is 4.23. The van der Waals surface area contributed by atoms with Crippen molar-refractivity contribution in [2.45, 2.75) is 6.92 Å². The maximum atomic E-state index is 11.3. The second-order valence-corrected chi connectivity index (χ2v) is 4.78. The Morgan fingerprint density at radius 3 is 2.83 bits per heavy atom. The largest absolute Gasteiger partial charge is 0.330 e. The summed E-state index contributed by atoms with van der Waals surface area (Å²) in [6.45, 7) is 1.84. The normalized spacial score (nSPS) is 10.7. The third kappa shape index (κ3) is 1.98. The number of hydrogen-bond acceptors (Lipinski definition) is 5. The lowest BCUT2D eigenvalue weighted by atomic mass is 10.3. The standard InChI is InChI=1S/C12H10N4OS/c1-8-7-10(17)14-12-16(8)15-11(18-12)13-9-5-3-2-4-6-9/h2-7H,1H3,(H,13,15). The fourth-order valence-corrected chi connectivity index (χ4v) is 2.52. The van der Waals surface area contributed by atoms with Gasteiger partial charge in [-0.3, -0.25) is 4.79 Å². The molecule has 3 rings (SSSR count). The molecule has 90 valence electrons. The Labute approximate surface area is 107 Å². The highest BCUT2D eigenvalue weighted by Gasteiger charge is 2.07. The number of rotatable bonds is 2. The maximum Gasteiger partial charge on any atom is 0.274 e. The molecule has 0 saturated heterocycles. The molecule has 6 heteroatoms. The lowest BCUT2D eigenvalue weighted by Crippen LogP contribution is -2.08. The Bertz CT molecular complexity index is 748. The number of aryl methyl sites for hydroxylation is 1. The van der Waals surface area contributed by atoms with Crippen LogP contribution in [-0.4, -0.2) is 14.6 Å². The van der Waals surface area contributed by atoms with Gasteiger partial charge in [-0.2, -0.15) is 4.98 Å². The third-order valence-corrected chi connectivity index (χ3v) is 3.28. The first kappa shape index (κ1) is 10.9. The summed E-state index contributed by atoms with van der Waals surface area (Å²) < 4.78 is 1.66. The number of nitrogens with zero attached hydrogens (tertiary/aromatic N) is 3. The molecule has 0 unspecified atom stereocenters. The van der Waals surface area contributed by atoms with Crippen molar-refractivity contribution in [2.24, 2.45) is 0 Å². The smallest absolute Gasteiger partial charge is 0.274 e. The molecule has 2 heterocycles. The van der Waals surface area contributed by atoms with Gasteiger partial charge in [-0.15, -0.1) is 5.10 Å². The molecule has 0 radical (unpaired) electrons. The molecule has 0 atom stereocenters. The average Bonchev–Trinajstić information content (AvgIpc) is 2.73. The number of hydrogen-bond donors (Lipinski definition) is 1. The summed E-state index contributed by atoms with van der Waals surface area (Å²) in [6.07, 6.45) is 0. The molecule has 5 nitrogen and oxygen atoms in total. The van der Waals surface area contributed by atoms with Crippen LogP contribution in [0, 0.1) is 6.92 Å². The molecule has 1 aromatic carbocycles. The van der Waals surface area contributed by atoms with E-state index in [4.69, 9.17) is 0 Å². The molecule has 0 spiro atoms. The topological polar surface area (TPSA) is 59.3 Å². The SMILES string of the molecule is Cc1cc(=O)nc2sc(Nc3ccccc3)nn12. The molecule has 1 N–H and O–H groups in total. The van der Waals surface area contributed by atoms with E-state index in [9.17, 15) is 4.79 Å². The highest BCUT2D eigenvalue weighted by atomic mass is 32.1. The van der Waals surface area contributed by atoms with Gasteiger partial charge in [-0.05, 0) is 19.1 Å². The lowest BCUT2D eigenvalue weighted by Gasteiger charge is -1.99. The molecule has 0 amide bonds. The van der Waals surface area contributed by atoms with Gasteiger partial charge in [-0.1, -0.05) is 29.5 Å². The first-order valence-corrected chi connectivity index (χ1v) is 6.23. The quantitative estimate of drug-likeness (QED) is 0.765. The van der Waals surface area contributed by atoms with Crippen LogP contribution in [0.5, 0.6) is 0 Å². The number of nitrogens with one attached hydrogen (secondary N) is 1. The molecule has 2 aromatic heterocycles. The zero-order valence-electron chi connectivity index (χ0n) is 9.62. The summed E-state index contributed by atoms with van der Waals surface area (Å²) in [6, 6.07) is 11.2. The molecule has 0 saturated carbocycles. The van der Waals surface area contributed by atoms with E-state index in [1.165, 1.54) is 17.4 Å². The highest BCUT2D eigenvalue weighted by molar-refractivity contribution is 7.20. The van der Waals surface area contributed by atoms with Crippen molar-refractivity contribution in [3.05, 3.63) is 52.4 Å². The fraction of sp³-hybridized carbons (Fsp3) is 0.0833. The van der Waals surface area contributed by atoms with Crippen molar-refractivity contribution in [1.82, 2.24) is 14.6 Å². The number of anilines is 2. The van der Waals surface area contributed by atoms with Crippen LogP contribution >= 0.6 is 11.3 Å². The molecular weight excluding hydrogens is 248 g/mol. The van der Waals surface area contributed by atoms with Gasteiger partial charge >= 0.3 is 0 Å². The highest BCUT2D eigenvalue weighted by Crippen LogP contribution is 2.21. The van der Waals surface area contributed by atoms with Gasteiger partial charge in [-0.25, -0.2) is 4.52 Å². The van der Waals surface area contributed by atoms with Crippen molar-refractivity contribution in [3.63, 3.8) is 0 Å². The van der Waals surface area contributed by atoms with Gasteiger partial charge in [0.15, 0.2) is 0 Å². The van der Waals surface area contributed by atoms with Crippen molar-refractivity contribution >= 4 is 27.1 Å². The number of para-hydroxylation sites is 1. The van der Waals surface area contributed by atoms with Crippen LogP contribution < -0.4 is 10.9 Å². The Kier molecular flexibility index (Phi) is 2.56. The molecule has 0 aliphatic rings. The van der Waals surface area contributed by atoms with Crippen molar-refractivity contribution in [2.75, 3.05) is 5.32 Å². The average molecular weight is 258 g/mol. The van der Waals surface area contributed by atoms with Crippen LogP contribution in [0.2, 0.25) is 0 Å². The van der Waals surface area contributed by atoms with Crippen LogP contribution in [-0.2, 0) is 0 Å². The molecule has 0 bridgehead atoms. The van der Waals surface area contributed by atoms with Gasteiger partial charge in [0, 0.05) is 17.4 Å². The summed E-state index contributed by atoms with van der Waals surface area (Å²) in [5.74, 6) is 0. The lowest BCUT2D eigenvalue weighted by molar-refractivity contribution is 0.890. The van der Waals surface area contributed by atoms with Crippen molar-refractivity contribution in [3.8, 4) is 0 Å². The summed E-state index contributed by atoms with van der Waals surface area (Å²) in [5.41, 5.74) is 1.50. The number of fused-ring (bicyclic) bond motifs is 1. The van der Waals surface area contributed by atoms with Crippen molar-refractivity contribution in [1.29, 1.82) is 0 Å². The third-order valence-electron chi connectivity index (χ3n) is 2.46. The minimum absolute atomic E-state index is 0.234. The molecule has 0 aliphatic heterocycles. The number of benzene rings is 1. The van der Waals surface area contributed by atoms with E-state index in [-0.39, 0.29) is 5.56 Å². The van der Waals surface area contributed by atoms with Gasteiger partial charge in [0.1, 0.15) is 0 Å². The predicted molar refractivity (Wildman–Crippen MR) is 71.6 cm³/mol. The zero-order chi connectivity index (χ0) is 12.5. The monoisotopic (exact) mass is 258 g/mol. The predicted octanol–water partition coefficient (Wildman–Crippen LogP) is 2.20. The Morgan fingerprint density at radius 2 is 2.06 bits per heavy atom. The van der Waals surface area contributed by atoms with Crippen LogP contribution in [0.4, 0.5) is 10.8 Å². The number of aromatic nitrogens is 3. The van der Waals surface area contributed by atoms with E-state index in [2.05, 4.69) is 15.4 Å². The molecular formula is C12H10N4OS. The Balaban J connectivity index is 2.04. The molecule has 3 aromatic rings. The van der Waals surface area contributed by atoms with Gasteiger partial charge in [0.25, 0.3) is 5.56 Å². The first-order valence-electron chi connectivity index (χ1n) is 5.42. The Morgan fingerprint density at radius 1 is 1.28 bits per heavy atom. The fourth-order valence-electron chi connectivity index (χ4n) is 1.65. The van der Waals surface area contributed by atoms with Crippen LogP contribution in [0.25, 0.3) is 4.96 Å².